The first kappa shape index (κ1) is 17.1. The molecule has 6 nitrogen and oxygen atoms in total. The highest BCUT2D eigenvalue weighted by atomic mass is 35.5. The Morgan fingerprint density at radius 2 is 1.95 bits per heavy atom. The van der Waals surface area contributed by atoms with E-state index in [4.69, 9.17) is 11.6 Å². The van der Waals surface area contributed by atoms with E-state index in [1.165, 1.54) is 0 Å². The molecule has 0 spiro atoms. The summed E-state index contributed by atoms with van der Waals surface area (Å²) < 4.78 is -0.192. The summed E-state index contributed by atoms with van der Waals surface area (Å²) in [5.74, 6) is 1.03. The Hall–Kier alpha value is -1.26. The highest BCUT2D eigenvalue weighted by molar-refractivity contribution is 8.01. The molecule has 8 heteroatoms. The van der Waals surface area contributed by atoms with E-state index >= 15 is 0 Å². The number of halogens is 1. The van der Waals surface area contributed by atoms with E-state index in [9.17, 15) is 5.26 Å². The zero-order chi connectivity index (χ0) is 16.5. The Balaban J connectivity index is 2.46. The molecule has 0 bridgehead atoms. The molecule has 22 heavy (non-hydrogen) atoms. The number of hydrogen-bond acceptors (Lipinski definition) is 7. The standard InChI is InChI=1S/C14H21ClN6S/c1-6-20(7-2)12-17-11(15)18-13(19-12)21-9(3)22-14(4,5)10(21)8-16/h9-10H,6-7H2,1-5H3. The fourth-order valence-electron chi connectivity index (χ4n) is 2.69. The fourth-order valence-corrected chi connectivity index (χ4v) is 4.35. The third-order valence-corrected chi connectivity index (χ3v) is 5.35. The highest BCUT2D eigenvalue weighted by Gasteiger charge is 2.47. The third-order valence-electron chi connectivity index (χ3n) is 3.79. The zero-order valence-electron chi connectivity index (χ0n) is 13.5. The van der Waals surface area contributed by atoms with Crippen molar-refractivity contribution in [3.8, 4) is 6.07 Å². The van der Waals surface area contributed by atoms with Gasteiger partial charge < -0.3 is 9.80 Å². The molecule has 0 N–H and O–H groups in total. The van der Waals surface area contributed by atoms with Gasteiger partial charge in [0.25, 0.3) is 0 Å². The van der Waals surface area contributed by atoms with Crippen LogP contribution in [0.5, 0.6) is 0 Å². The molecule has 1 aliphatic heterocycles. The lowest BCUT2D eigenvalue weighted by atomic mass is 10.0. The molecule has 0 saturated carbocycles. The third kappa shape index (κ3) is 3.08. The number of aromatic nitrogens is 3. The maximum absolute atomic E-state index is 9.57. The van der Waals surface area contributed by atoms with Crippen molar-refractivity contribution in [1.82, 2.24) is 15.0 Å². The van der Waals surface area contributed by atoms with E-state index in [1.807, 2.05) is 23.6 Å². The molecule has 1 aromatic heterocycles. The summed E-state index contributed by atoms with van der Waals surface area (Å²) in [7, 11) is 0. The molecule has 2 heterocycles. The van der Waals surface area contributed by atoms with Gasteiger partial charge in [-0.25, -0.2) is 0 Å². The number of hydrogen-bond donors (Lipinski definition) is 0. The van der Waals surface area contributed by atoms with E-state index in [-0.39, 0.29) is 21.4 Å². The van der Waals surface area contributed by atoms with Gasteiger partial charge in [0.15, 0.2) is 0 Å². The number of nitrogens with zero attached hydrogens (tertiary/aromatic N) is 6. The van der Waals surface area contributed by atoms with E-state index in [0.717, 1.165) is 13.1 Å². The minimum absolute atomic E-state index is 0.0997. The van der Waals surface area contributed by atoms with Crippen molar-refractivity contribution >= 4 is 35.3 Å². The molecule has 1 aromatic rings. The van der Waals surface area contributed by atoms with Crippen molar-refractivity contribution in [3.63, 3.8) is 0 Å². The van der Waals surface area contributed by atoms with Crippen LogP contribution in [-0.2, 0) is 0 Å². The lowest BCUT2D eigenvalue weighted by Crippen LogP contribution is -2.42. The average molecular weight is 341 g/mol. The Kier molecular flexibility index (Phi) is 5.03. The van der Waals surface area contributed by atoms with Gasteiger partial charge in [-0.1, -0.05) is 0 Å². The Morgan fingerprint density at radius 3 is 2.50 bits per heavy atom. The molecule has 0 aromatic carbocycles. The molecule has 1 aliphatic rings. The van der Waals surface area contributed by atoms with Crippen molar-refractivity contribution in [2.45, 2.75) is 50.8 Å². The van der Waals surface area contributed by atoms with Crippen LogP contribution in [0.4, 0.5) is 11.9 Å². The molecular formula is C14H21ClN6S. The SMILES string of the molecule is CCN(CC)c1nc(Cl)nc(N2C(C)SC(C)(C)C2C#N)n1. The largest absolute Gasteiger partial charge is 0.341 e. The fraction of sp³-hybridized carbons (Fsp3) is 0.714. The molecule has 2 atom stereocenters. The van der Waals surface area contributed by atoms with Gasteiger partial charge in [-0.2, -0.15) is 20.2 Å². The van der Waals surface area contributed by atoms with Crippen LogP contribution in [0.2, 0.25) is 5.28 Å². The van der Waals surface area contributed by atoms with Crippen molar-refractivity contribution in [3.05, 3.63) is 5.28 Å². The van der Waals surface area contributed by atoms with Crippen LogP contribution >= 0.6 is 23.4 Å². The van der Waals surface area contributed by atoms with Gasteiger partial charge in [0.2, 0.25) is 17.2 Å². The molecule has 120 valence electrons. The molecule has 2 unspecified atom stereocenters. The second-order valence-electron chi connectivity index (χ2n) is 5.64. The molecule has 0 amide bonds. The summed E-state index contributed by atoms with van der Waals surface area (Å²) in [6, 6.07) is 2.07. The van der Waals surface area contributed by atoms with Crippen LogP contribution in [0.1, 0.15) is 34.6 Å². The van der Waals surface area contributed by atoms with E-state index in [2.05, 4.69) is 41.8 Å². The number of anilines is 2. The topological polar surface area (TPSA) is 68.9 Å². The molecule has 2 rings (SSSR count). The summed E-state index contributed by atoms with van der Waals surface area (Å²) >= 11 is 7.83. The van der Waals surface area contributed by atoms with Crippen LogP contribution in [0.25, 0.3) is 0 Å². The van der Waals surface area contributed by atoms with E-state index in [0.29, 0.717) is 11.9 Å². The molecule has 1 fully saturated rings. The minimum Gasteiger partial charge on any atom is -0.341 e. The summed E-state index contributed by atoms with van der Waals surface area (Å²) in [6.07, 6.45) is 0. The van der Waals surface area contributed by atoms with Gasteiger partial charge in [-0.15, -0.1) is 11.8 Å². The predicted octanol–water partition coefficient (Wildman–Crippen LogP) is 2.94. The maximum atomic E-state index is 9.57. The lowest BCUT2D eigenvalue weighted by molar-refractivity contribution is 0.599. The first-order valence-corrected chi connectivity index (χ1v) is 8.62. The van der Waals surface area contributed by atoms with Gasteiger partial charge >= 0.3 is 0 Å². The van der Waals surface area contributed by atoms with E-state index < -0.39 is 0 Å². The summed E-state index contributed by atoms with van der Waals surface area (Å²) in [5.41, 5.74) is 0. The second-order valence-corrected chi connectivity index (χ2v) is 7.94. The molecule has 0 radical (unpaired) electrons. The quantitative estimate of drug-likeness (QED) is 0.834. The van der Waals surface area contributed by atoms with Crippen LogP contribution in [-0.4, -0.2) is 44.2 Å². The summed E-state index contributed by atoms with van der Waals surface area (Å²) in [6.45, 7) is 11.8. The van der Waals surface area contributed by atoms with Crippen molar-refractivity contribution in [2.75, 3.05) is 22.9 Å². The van der Waals surface area contributed by atoms with Crippen LogP contribution < -0.4 is 9.80 Å². The van der Waals surface area contributed by atoms with Crippen molar-refractivity contribution < 1.29 is 0 Å². The normalized spacial score (nSPS) is 23.4. The first-order valence-electron chi connectivity index (χ1n) is 7.36. The van der Waals surface area contributed by atoms with Gasteiger partial charge in [0.1, 0.15) is 6.04 Å². The Bertz CT molecular complexity index is 583. The lowest BCUT2D eigenvalue weighted by Gasteiger charge is -2.27. The Labute approximate surface area is 140 Å². The smallest absolute Gasteiger partial charge is 0.233 e. The average Bonchev–Trinajstić information content (AvgIpc) is 2.67. The van der Waals surface area contributed by atoms with Gasteiger partial charge in [0.05, 0.1) is 11.4 Å². The monoisotopic (exact) mass is 340 g/mol. The Morgan fingerprint density at radius 1 is 1.32 bits per heavy atom. The predicted molar refractivity (Wildman–Crippen MR) is 91.4 cm³/mol. The first-order chi connectivity index (χ1) is 10.3. The second kappa shape index (κ2) is 6.47. The van der Waals surface area contributed by atoms with Crippen LogP contribution in [0.3, 0.4) is 0 Å². The molecule has 0 aliphatic carbocycles. The summed E-state index contributed by atoms with van der Waals surface area (Å²) in [5, 5.41) is 9.83. The van der Waals surface area contributed by atoms with Crippen molar-refractivity contribution in [2.24, 2.45) is 0 Å². The number of nitriles is 1. The van der Waals surface area contributed by atoms with Gasteiger partial charge in [0, 0.05) is 17.8 Å². The maximum Gasteiger partial charge on any atom is 0.233 e. The molecular weight excluding hydrogens is 320 g/mol. The minimum atomic E-state index is -0.310. The van der Waals surface area contributed by atoms with Crippen LogP contribution in [0.15, 0.2) is 0 Å². The number of thioether (sulfide) groups is 1. The highest BCUT2D eigenvalue weighted by Crippen LogP contribution is 2.45. The van der Waals surface area contributed by atoms with Crippen molar-refractivity contribution in [1.29, 1.82) is 5.26 Å². The number of rotatable bonds is 4. The van der Waals surface area contributed by atoms with Crippen LogP contribution in [0, 0.1) is 11.3 Å². The summed E-state index contributed by atoms with van der Waals surface area (Å²) in [4.78, 5) is 17.0. The van der Waals surface area contributed by atoms with Gasteiger partial charge in [-0.3, -0.25) is 0 Å². The molecule has 1 saturated heterocycles. The van der Waals surface area contributed by atoms with Gasteiger partial charge in [-0.05, 0) is 46.2 Å². The van der Waals surface area contributed by atoms with E-state index in [1.54, 1.807) is 11.8 Å². The zero-order valence-corrected chi connectivity index (χ0v) is 15.1.